The number of anilines is 1. The fourth-order valence-corrected chi connectivity index (χ4v) is 6.41. The summed E-state index contributed by atoms with van der Waals surface area (Å²) in [5.74, 6) is 0.487. The van der Waals surface area contributed by atoms with Crippen molar-refractivity contribution in [2.45, 2.75) is 82.2 Å². The maximum atomic E-state index is 16.2. The number of hydrogen-bond acceptors (Lipinski definition) is 5. The van der Waals surface area contributed by atoms with Crippen LogP contribution in [-0.2, 0) is 10.8 Å². The molecule has 3 saturated carbocycles. The monoisotopic (exact) mass is 547 g/mol. The van der Waals surface area contributed by atoms with Crippen molar-refractivity contribution in [2.75, 3.05) is 18.0 Å². The molecule has 0 amide bonds. The van der Waals surface area contributed by atoms with Crippen LogP contribution in [0.5, 0.6) is 0 Å². The number of benzene rings is 1. The van der Waals surface area contributed by atoms with Gasteiger partial charge in [0.1, 0.15) is 22.7 Å². The van der Waals surface area contributed by atoms with Gasteiger partial charge in [-0.25, -0.2) is 13.8 Å². The summed E-state index contributed by atoms with van der Waals surface area (Å²) in [4.78, 5) is 10.9. The molecular formula is C28H30F5N5O. The number of fused-ring (bicyclic) bond motifs is 1. The van der Waals surface area contributed by atoms with Gasteiger partial charge in [0.25, 0.3) is 0 Å². The highest BCUT2D eigenvalue weighted by atomic mass is 19.4. The average Bonchev–Trinajstić information content (AvgIpc) is 3.81. The molecule has 3 aromatic rings. The fraction of sp³-hybridized carbons (Fsp3) is 0.607. The van der Waals surface area contributed by atoms with Crippen LogP contribution in [0.1, 0.15) is 87.2 Å². The van der Waals surface area contributed by atoms with Gasteiger partial charge in [0.05, 0.1) is 11.4 Å². The molecule has 1 aromatic carbocycles. The van der Waals surface area contributed by atoms with Crippen LogP contribution >= 0.6 is 0 Å². The van der Waals surface area contributed by atoms with Crippen LogP contribution in [0, 0.1) is 30.4 Å². The molecule has 6 nitrogen and oxygen atoms in total. The van der Waals surface area contributed by atoms with Gasteiger partial charge >= 0.3 is 6.18 Å². The summed E-state index contributed by atoms with van der Waals surface area (Å²) in [6.07, 6.45) is -3.10. The first-order valence-corrected chi connectivity index (χ1v) is 13.6. The summed E-state index contributed by atoms with van der Waals surface area (Å²) in [5.41, 5.74) is -2.30. The Bertz CT molecular complexity index is 1460. The van der Waals surface area contributed by atoms with Crippen LogP contribution in [0.25, 0.3) is 5.69 Å². The number of hydrogen-bond donors (Lipinski definition) is 0. The minimum Gasteiger partial charge on any atom is -0.368 e. The molecule has 0 spiro atoms. The smallest absolute Gasteiger partial charge is 0.368 e. The van der Waals surface area contributed by atoms with Crippen LogP contribution in [-0.4, -0.2) is 39.0 Å². The van der Waals surface area contributed by atoms with Crippen LogP contribution in [0.4, 0.5) is 27.6 Å². The summed E-state index contributed by atoms with van der Waals surface area (Å²) in [7, 11) is 0. The van der Waals surface area contributed by atoms with Gasteiger partial charge < -0.3 is 9.42 Å². The largest absolute Gasteiger partial charge is 0.400 e. The van der Waals surface area contributed by atoms with Crippen LogP contribution in [0.3, 0.4) is 0 Å². The maximum absolute atomic E-state index is 16.2. The van der Waals surface area contributed by atoms with E-state index in [1.807, 2.05) is 25.7 Å². The zero-order valence-electron chi connectivity index (χ0n) is 22.2. The average molecular weight is 548 g/mol. The van der Waals surface area contributed by atoms with Crippen molar-refractivity contribution in [3.63, 3.8) is 0 Å². The number of nitrogens with zero attached hydrogens (tertiary/aromatic N) is 5. The summed E-state index contributed by atoms with van der Waals surface area (Å²) in [5, 5.41) is 4.18. The molecule has 1 aliphatic heterocycles. The van der Waals surface area contributed by atoms with E-state index in [2.05, 4.69) is 15.1 Å². The minimum absolute atomic E-state index is 0.0567. The van der Waals surface area contributed by atoms with E-state index < -0.39 is 23.2 Å². The zero-order valence-corrected chi connectivity index (χ0v) is 22.2. The second kappa shape index (κ2) is 7.81. The van der Waals surface area contributed by atoms with E-state index in [4.69, 9.17) is 4.52 Å². The molecule has 1 saturated heterocycles. The second-order valence-electron chi connectivity index (χ2n) is 12.8. The van der Waals surface area contributed by atoms with Gasteiger partial charge in [-0.2, -0.15) is 18.2 Å². The number of piperidine rings is 1. The fourth-order valence-electron chi connectivity index (χ4n) is 6.41. The van der Waals surface area contributed by atoms with Gasteiger partial charge in [-0.05, 0) is 56.6 Å². The van der Waals surface area contributed by atoms with Crippen molar-refractivity contribution < 1.29 is 26.5 Å². The molecule has 208 valence electrons. The van der Waals surface area contributed by atoms with Gasteiger partial charge in [0.15, 0.2) is 11.6 Å². The first kappa shape index (κ1) is 25.0. The Balaban J connectivity index is 1.21. The van der Waals surface area contributed by atoms with Crippen molar-refractivity contribution >= 4 is 5.69 Å². The van der Waals surface area contributed by atoms with Crippen molar-refractivity contribution in [1.82, 2.24) is 19.7 Å². The third-order valence-electron chi connectivity index (χ3n) is 9.01. The van der Waals surface area contributed by atoms with Gasteiger partial charge in [0, 0.05) is 36.0 Å². The lowest BCUT2D eigenvalue weighted by atomic mass is 9.97. The highest BCUT2D eigenvalue weighted by Crippen LogP contribution is 2.61. The molecule has 3 aliphatic carbocycles. The Hall–Kier alpha value is -2.98. The van der Waals surface area contributed by atoms with E-state index in [9.17, 15) is 13.2 Å². The zero-order chi connectivity index (χ0) is 27.6. The van der Waals surface area contributed by atoms with E-state index in [0.29, 0.717) is 30.6 Å². The number of imidazole rings is 1. The normalized spacial score (nSPS) is 25.8. The summed E-state index contributed by atoms with van der Waals surface area (Å²) < 4.78 is 80.2. The molecule has 4 aliphatic rings. The second-order valence-corrected chi connectivity index (χ2v) is 12.8. The Morgan fingerprint density at radius 3 is 2.21 bits per heavy atom. The van der Waals surface area contributed by atoms with E-state index in [1.54, 1.807) is 0 Å². The number of aromatic nitrogens is 4. The highest BCUT2D eigenvalue weighted by molar-refractivity contribution is 5.59. The molecule has 2 unspecified atom stereocenters. The first-order valence-electron chi connectivity index (χ1n) is 13.6. The third-order valence-corrected chi connectivity index (χ3v) is 9.01. The van der Waals surface area contributed by atoms with Crippen LogP contribution in [0.2, 0.25) is 0 Å². The molecule has 7 rings (SSSR count). The van der Waals surface area contributed by atoms with E-state index in [0.717, 1.165) is 12.8 Å². The number of halogens is 5. The van der Waals surface area contributed by atoms with E-state index in [-0.39, 0.29) is 64.7 Å². The lowest BCUT2D eigenvalue weighted by molar-refractivity contribution is -0.161. The molecule has 0 radical (unpaired) electrons. The summed E-state index contributed by atoms with van der Waals surface area (Å²) in [6, 6.07) is 2.62. The molecule has 2 atom stereocenters. The quantitative estimate of drug-likeness (QED) is 0.343. The lowest BCUT2D eigenvalue weighted by Crippen LogP contribution is -2.30. The molecular weight excluding hydrogens is 517 g/mol. The molecule has 2 aromatic heterocycles. The topological polar surface area (TPSA) is 60.0 Å². The van der Waals surface area contributed by atoms with Gasteiger partial charge in [-0.3, -0.25) is 4.57 Å². The molecule has 0 N–H and O–H groups in total. The summed E-state index contributed by atoms with van der Waals surface area (Å²) in [6.45, 7) is 8.61. The Labute approximate surface area is 222 Å². The Kier molecular flexibility index (Phi) is 5.01. The Morgan fingerprint density at radius 2 is 1.67 bits per heavy atom. The van der Waals surface area contributed by atoms with E-state index >= 15 is 8.78 Å². The molecule has 4 fully saturated rings. The van der Waals surface area contributed by atoms with E-state index in [1.165, 1.54) is 23.6 Å². The third kappa shape index (κ3) is 3.67. The first-order chi connectivity index (χ1) is 18.3. The van der Waals surface area contributed by atoms with Crippen molar-refractivity contribution in [3.05, 3.63) is 52.7 Å². The van der Waals surface area contributed by atoms with Crippen LogP contribution < -0.4 is 4.90 Å². The van der Waals surface area contributed by atoms with Crippen molar-refractivity contribution in [2.24, 2.45) is 11.8 Å². The Morgan fingerprint density at radius 1 is 1.00 bits per heavy atom. The predicted octanol–water partition coefficient (Wildman–Crippen LogP) is 6.46. The highest BCUT2D eigenvalue weighted by Gasteiger charge is 2.66. The standard InChI is InChI=1S/C28H30F5N5O/c1-13-22(27(9-10-27)28(31,32)33)34-24(14-5-6-14)38(13)21-17(29)7-8-18(20(21)30)37-11-15-16(12-37)19(15)23-35-25(39-36-23)26(2,3)4/h7-8,14-16,19H,5-6,9-12H2,1-4H3. The molecule has 39 heavy (non-hydrogen) atoms. The lowest BCUT2D eigenvalue weighted by Gasteiger charge is -2.24. The predicted molar refractivity (Wildman–Crippen MR) is 132 cm³/mol. The SMILES string of the molecule is Cc1c(C2(C(F)(F)F)CC2)nc(C2CC2)n1-c1c(F)ccc(N2CC3C(C2)C3c2noc(C(C)(C)C)n2)c1F. The number of rotatable bonds is 5. The molecule has 11 heteroatoms. The van der Waals surface area contributed by atoms with Gasteiger partial charge in [-0.15, -0.1) is 0 Å². The molecule has 3 heterocycles. The molecule has 0 bridgehead atoms. The minimum atomic E-state index is -4.46. The van der Waals surface area contributed by atoms with Gasteiger partial charge in [-0.1, -0.05) is 25.9 Å². The maximum Gasteiger partial charge on any atom is 0.400 e. The van der Waals surface area contributed by atoms with Crippen molar-refractivity contribution in [3.8, 4) is 5.69 Å². The summed E-state index contributed by atoms with van der Waals surface area (Å²) >= 11 is 0. The number of alkyl halides is 3. The van der Waals surface area contributed by atoms with Gasteiger partial charge in [0.2, 0.25) is 5.89 Å². The van der Waals surface area contributed by atoms with Crippen molar-refractivity contribution in [1.29, 1.82) is 0 Å². The van der Waals surface area contributed by atoms with Crippen LogP contribution in [0.15, 0.2) is 16.7 Å².